The van der Waals surface area contributed by atoms with E-state index in [9.17, 15) is 4.79 Å². The minimum atomic E-state index is -0.133. The summed E-state index contributed by atoms with van der Waals surface area (Å²) in [4.78, 5) is 11.4. The van der Waals surface area contributed by atoms with Crippen molar-refractivity contribution in [1.29, 1.82) is 0 Å². The second-order valence-corrected chi connectivity index (χ2v) is 4.59. The molecule has 0 aliphatic rings. The number of hydrogen-bond donors (Lipinski definition) is 2. The van der Waals surface area contributed by atoms with E-state index in [1.54, 1.807) is 32.4 Å². The third-order valence-electron chi connectivity index (χ3n) is 2.91. The monoisotopic (exact) mass is 317 g/mol. The number of nitrogens with one attached hydrogen (secondary N) is 1. The number of amides is 1. The van der Waals surface area contributed by atoms with Crippen molar-refractivity contribution in [3.63, 3.8) is 0 Å². The van der Waals surface area contributed by atoms with Gasteiger partial charge in [-0.3, -0.25) is 4.79 Å². The maximum atomic E-state index is 11.4. The smallest absolute Gasteiger partial charge is 0.224 e. The molecule has 2 rings (SSSR count). The molecule has 124 valence electrons. The molecule has 0 aliphatic carbocycles. The lowest BCUT2D eigenvalue weighted by molar-refractivity contribution is -0.120. The summed E-state index contributed by atoms with van der Waals surface area (Å²) in [5, 5.41) is 11.2. The minimum Gasteiger partial charge on any atom is -0.493 e. The van der Waals surface area contributed by atoms with E-state index in [1.165, 1.54) is 0 Å². The molecule has 0 aliphatic heterocycles. The summed E-state index contributed by atoms with van der Waals surface area (Å²) >= 11 is 0. The van der Waals surface area contributed by atoms with Crippen molar-refractivity contribution in [1.82, 2.24) is 5.32 Å². The first-order valence-electron chi connectivity index (χ1n) is 7.29. The fourth-order valence-corrected chi connectivity index (χ4v) is 1.82. The van der Waals surface area contributed by atoms with Gasteiger partial charge in [0.2, 0.25) is 5.91 Å². The van der Waals surface area contributed by atoms with Crippen molar-refractivity contribution in [2.75, 3.05) is 27.4 Å². The highest BCUT2D eigenvalue weighted by Crippen LogP contribution is 2.27. The number of carbonyl (C=O) groups is 1. The van der Waals surface area contributed by atoms with Crippen molar-refractivity contribution in [2.45, 2.75) is 6.42 Å². The topological polar surface area (TPSA) is 67.8 Å². The summed E-state index contributed by atoms with van der Waals surface area (Å²) in [7, 11) is 3.11. The van der Waals surface area contributed by atoms with Crippen molar-refractivity contribution >= 4 is 5.91 Å². The first-order valence-corrected chi connectivity index (χ1v) is 7.29. The van der Waals surface area contributed by atoms with Crippen molar-refractivity contribution in [3.8, 4) is 11.5 Å². The quantitative estimate of drug-likeness (QED) is 0.855. The van der Waals surface area contributed by atoms with Crippen LogP contribution in [0.15, 0.2) is 54.6 Å². The Bertz CT molecular complexity index is 546. The fourth-order valence-electron chi connectivity index (χ4n) is 1.82. The highest BCUT2D eigenvalue weighted by molar-refractivity contribution is 5.78. The van der Waals surface area contributed by atoms with Gasteiger partial charge in [-0.2, -0.15) is 0 Å². The lowest BCUT2D eigenvalue weighted by Gasteiger charge is -2.09. The number of hydrogen-bond acceptors (Lipinski definition) is 4. The van der Waals surface area contributed by atoms with E-state index in [0.29, 0.717) is 11.5 Å². The van der Waals surface area contributed by atoms with Crippen LogP contribution in [0.3, 0.4) is 0 Å². The fraction of sp³-hybridized carbons (Fsp3) is 0.278. The zero-order chi connectivity index (χ0) is 16.9. The summed E-state index contributed by atoms with van der Waals surface area (Å²) in [5.74, 6) is 1.10. The van der Waals surface area contributed by atoms with Crippen molar-refractivity contribution in [2.24, 2.45) is 0 Å². The Labute approximate surface area is 136 Å². The standard InChI is InChI=1S/C12H17NO4.C6H6/c1-16-10-4-3-9(7-11(10)17-2)8-12(15)13-5-6-14;1-2-4-6-5-3-1/h3-4,7,14H,5-6,8H2,1-2H3,(H,13,15);1-6H. The summed E-state index contributed by atoms with van der Waals surface area (Å²) in [6, 6.07) is 17.3. The molecule has 0 unspecified atom stereocenters. The largest absolute Gasteiger partial charge is 0.493 e. The predicted octanol–water partition coefficient (Wildman–Crippen LogP) is 2.04. The van der Waals surface area contributed by atoms with Gasteiger partial charge >= 0.3 is 0 Å². The molecule has 0 saturated carbocycles. The van der Waals surface area contributed by atoms with Crippen molar-refractivity contribution in [3.05, 3.63) is 60.2 Å². The summed E-state index contributed by atoms with van der Waals surface area (Å²) in [5.41, 5.74) is 0.832. The average molecular weight is 317 g/mol. The molecular formula is C18H23NO4. The third-order valence-corrected chi connectivity index (χ3v) is 2.91. The van der Waals surface area contributed by atoms with Crippen molar-refractivity contribution < 1.29 is 19.4 Å². The van der Waals surface area contributed by atoms with Gasteiger partial charge in [0.25, 0.3) is 0 Å². The Morgan fingerprint density at radius 2 is 1.57 bits per heavy atom. The Balaban J connectivity index is 0.000000366. The average Bonchev–Trinajstić information content (AvgIpc) is 2.61. The van der Waals surface area contributed by atoms with Gasteiger partial charge < -0.3 is 19.9 Å². The molecule has 5 nitrogen and oxygen atoms in total. The van der Waals surface area contributed by atoms with Gasteiger partial charge in [0, 0.05) is 6.54 Å². The zero-order valence-corrected chi connectivity index (χ0v) is 13.5. The Morgan fingerprint density at radius 1 is 1.00 bits per heavy atom. The Morgan fingerprint density at radius 3 is 2.04 bits per heavy atom. The molecule has 0 atom stereocenters. The molecule has 0 heterocycles. The van der Waals surface area contributed by atoms with Crippen LogP contribution in [0.4, 0.5) is 0 Å². The van der Waals surface area contributed by atoms with Gasteiger partial charge in [0.05, 0.1) is 27.2 Å². The molecule has 2 N–H and O–H groups in total. The van der Waals surface area contributed by atoms with Gasteiger partial charge in [-0.15, -0.1) is 0 Å². The number of aliphatic hydroxyl groups is 1. The number of benzene rings is 2. The Hall–Kier alpha value is -2.53. The lowest BCUT2D eigenvalue weighted by Crippen LogP contribution is -2.27. The Kier molecular flexibility index (Phi) is 8.93. The number of ether oxygens (including phenoxy) is 2. The minimum absolute atomic E-state index is 0.0579. The van der Waals surface area contributed by atoms with Crippen LogP contribution >= 0.6 is 0 Å². The molecule has 0 saturated heterocycles. The van der Waals surface area contributed by atoms with Crippen LogP contribution in [-0.4, -0.2) is 38.4 Å². The molecule has 5 heteroatoms. The van der Waals surface area contributed by atoms with E-state index in [1.807, 2.05) is 36.4 Å². The SMILES string of the molecule is COc1ccc(CC(=O)NCCO)cc1OC.c1ccccc1. The van der Waals surface area contributed by atoms with Gasteiger partial charge in [0.1, 0.15) is 0 Å². The molecule has 23 heavy (non-hydrogen) atoms. The molecule has 0 aromatic heterocycles. The van der Waals surface area contributed by atoms with E-state index >= 15 is 0 Å². The molecule has 2 aromatic rings. The van der Waals surface area contributed by atoms with Crippen LogP contribution in [0.2, 0.25) is 0 Å². The second kappa shape index (κ2) is 11.1. The van der Waals surface area contributed by atoms with Crippen LogP contribution in [0.5, 0.6) is 11.5 Å². The molecular weight excluding hydrogens is 294 g/mol. The second-order valence-electron chi connectivity index (χ2n) is 4.59. The van der Waals surface area contributed by atoms with Crippen LogP contribution in [0.1, 0.15) is 5.56 Å². The van der Waals surface area contributed by atoms with Gasteiger partial charge in [-0.05, 0) is 17.7 Å². The number of carbonyl (C=O) groups excluding carboxylic acids is 1. The molecule has 0 radical (unpaired) electrons. The zero-order valence-electron chi connectivity index (χ0n) is 13.5. The molecule has 0 fully saturated rings. The van der Waals surface area contributed by atoms with E-state index < -0.39 is 0 Å². The first kappa shape index (κ1) is 18.5. The summed E-state index contributed by atoms with van der Waals surface area (Å²) in [6.07, 6.45) is 0.250. The van der Waals surface area contributed by atoms with E-state index in [-0.39, 0.29) is 25.5 Å². The highest BCUT2D eigenvalue weighted by atomic mass is 16.5. The summed E-state index contributed by atoms with van der Waals surface area (Å²) in [6.45, 7) is 0.212. The molecule has 0 bridgehead atoms. The van der Waals surface area contributed by atoms with Crippen LogP contribution < -0.4 is 14.8 Å². The van der Waals surface area contributed by atoms with Crippen LogP contribution in [-0.2, 0) is 11.2 Å². The molecule has 2 aromatic carbocycles. The van der Waals surface area contributed by atoms with Crippen LogP contribution in [0.25, 0.3) is 0 Å². The maximum Gasteiger partial charge on any atom is 0.224 e. The lowest BCUT2D eigenvalue weighted by atomic mass is 10.1. The van der Waals surface area contributed by atoms with E-state index in [2.05, 4.69) is 5.32 Å². The number of rotatable bonds is 6. The number of aliphatic hydroxyl groups excluding tert-OH is 1. The maximum absolute atomic E-state index is 11.4. The molecule has 0 spiro atoms. The first-order chi connectivity index (χ1) is 11.2. The third kappa shape index (κ3) is 7.33. The van der Waals surface area contributed by atoms with Crippen LogP contribution in [0, 0.1) is 0 Å². The van der Waals surface area contributed by atoms with Gasteiger partial charge in [-0.1, -0.05) is 42.5 Å². The molecule has 1 amide bonds. The normalized spacial score (nSPS) is 9.35. The predicted molar refractivity (Wildman–Crippen MR) is 89.8 cm³/mol. The summed E-state index contributed by atoms with van der Waals surface area (Å²) < 4.78 is 10.2. The van der Waals surface area contributed by atoms with E-state index in [4.69, 9.17) is 14.6 Å². The van der Waals surface area contributed by atoms with Gasteiger partial charge in [0.15, 0.2) is 11.5 Å². The van der Waals surface area contributed by atoms with E-state index in [0.717, 1.165) is 5.56 Å². The van der Waals surface area contributed by atoms with Gasteiger partial charge in [-0.25, -0.2) is 0 Å². The number of methoxy groups -OCH3 is 2. The highest BCUT2D eigenvalue weighted by Gasteiger charge is 2.07.